The first-order valence-electron chi connectivity index (χ1n) is 11.5. The summed E-state index contributed by atoms with van der Waals surface area (Å²) in [4.78, 5) is 30.9. The predicted octanol–water partition coefficient (Wildman–Crippen LogP) is 4.05. The number of nitriles is 1. The van der Waals surface area contributed by atoms with E-state index in [0.29, 0.717) is 34.4 Å². The van der Waals surface area contributed by atoms with Gasteiger partial charge in [-0.2, -0.15) is 5.26 Å². The Morgan fingerprint density at radius 2 is 1.91 bits per heavy atom. The normalized spacial score (nSPS) is 23.4. The Morgan fingerprint density at radius 3 is 2.45 bits per heavy atom. The van der Waals surface area contributed by atoms with Gasteiger partial charge in [0.15, 0.2) is 0 Å². The predicted molar refractivity (Wildman–Crippen MR) is 137 cm³/mol. The number of rotatable bonds is 6. The topological polar surface area (TPSA) is 78.6 Å². The van der Waals surface area contributed by atoms with Gasteiger partial charge in [0.2, 0.25) is 0 Å². The molecular weight excluding hydrogens is 456 g/mol. The third-order valence-electron chi connectivity index (χ3n) is 6.14. The smallest absolute Gasteiger partial charge is 0.270 e. The van der Waals surface area contributed by atoms with Crippen molar-refractivity contribution in [1.29, 1.82) is 5.26 Å². The summed E-state index contributed by atoms with van der Waals surface area (Å²) in [7, 11) is 0. The summed E-state index contributed by atoms with van der Waals surface area (Å²) in [5.41, 5.74) is 1.14. The summed E-state index contributed by atoms with van der Waals surface area (Å²) in [6.45, 7) is 13.5. The number of hydrogen-bond acceptors (Lipinski definition) is 7. The lowest BCUT2D eigenvalue weighted by Gasteiger charge is -2.39. The molecule has 3 atom stereocenters. The third kappa shape index (κ3) is 4.88. The van der Waals surface area contributed by atoms with E-state index in [9.17, 15) is 14.9 Å². The first-order valence-corrected chi connectivity index (χ1v) is 12.7. The van der Waals surface area contributed by atoms with E-state index in [4.69, 9.17) is 17.0 Å². The molecule has 1 aromatic heterocycles. The fourth-order valence-corrected chi connectivity index (χ4v) is 5.88. The van der Waals surface area contributed by atoms with Crippen LogP contribution in [0.2, 0.25) is 0 Å². The van der Waals surface area contributed by atoms with Crippen LogP contribution >= 0.6 is 24.0 Å². The highest BCUT2D eigenvalue weighted by Gasteiger charge is 2.36. The van der Waals surface area contributed by atoms with E-state index in [1.807, 2.05) is 40.7 Å². The second-order valence-electron chi connectivity index (χ2n) is 8.78. The molecule has 2 saturated heterocycles. The van der Waals surface area contributed by atoms with Crippen LogP contribution < -0.4 is 10.5 Å². The van der Waals surface area contributed by atoms with Crippen LogP contribution in [-0.4, -0.2) is 51.0 Å². The van der Waals surface area contributed by atoms with Crippen LogP contribution in [0.5, 0.6) is 0 Å². The first-order chi connectivity index (χ1) is 15.6. The molecule has 0 bridgehead atoms. The number of thioether (sulfide) groups is 1. The minimum absolute atomic E-state index is 0.00799. The number of amides is 1. The Balaban J connectivity index is 2.26. The molecule has 2 fully saturated rings. The van der Waals surface area contributed by atoms with Crippen LogP contribution in [0.3, 0.4) is 0 Å². The summed E-state index contributed by atoms with van der Waals surface area (Å²) in [5, 5.41) is 9.78. The summed E-state index contributed by atoms with van der Waals surface area (Å²) >= 11 is 6.78. The average molecular weight is 489 g/mol. The zero-order valence-corrected chi connectivity index (χ0v) is 21.8. The van der Waals surface area contributed by atoms with Crippen LogP contribution in [0.25, 0.3) is 6.08 Å². The van der Waals surface area contributed by atoms with Crippen molar-refractivity contribution in [3.05, 3.63) is 31.9 Å². The van der Waals surface area contributed by atoms with Gasteiger partial charge in [-0.25, -0.2) is 0 Å². The molecule has 3 rings (SSSR count). The Kier molecular flexibility index (Phi) is 8.04. The highest BCUT2D eigenvalue weighted by atomic mass is 32.2. The molecule has 3 unspecified atom stereocenters. The molecule has 2 aliphatic heterocycles. The van der Waals surface area contributed by atoms with E-state index in [2.05, 4.69) is 11.0 Å². The maximum atomic E-state index is 13.3. The molecule has 0 aliphatic carbocycles. The Morgan fingerprint density at radius 1 is 1.27 bits per heavy atom. The molecule has 7 nitrogen and oxygen atoms in total. The number of aromatic nitrogens is 1. The molecule has 0 spiro atoms. The summed E-state index contributed by atoms with van der Waals surface area (Å²) in [6, 6.07) is 2.11. The van der Waals surface area contributed by atoms with Crippen LogP contribution in [0.4, 0.5) is 5.82 Å². The summed E-state index contributed by atoms with van der Waals surface area (Å²) in [5.74, 6) is 0.620. The number of carbonyl (C=O) groups excluding carboxylic acids is 1. The Hall–Kier alpha value is -2.15. The van der Waals surface area contributed by atoms with Gasteiger partial charge in [-0.3, -0.25) is 19.1 Å². The molecule has 0 radical (unpaired) electrons. The van der Waals surface area contributed by atoms with Crippen molar-refractivity contribution in [2.45, 2.75) is 79.2 Å². The molecule has 178 valence electrons. The van der Waals surface area contributed by atoms with Gasteiger partial charge in [0.05, 0.1) is 17.1 Å². The fourth-order valence-electron chi connectivity index (χ4n) is 4.44. The molecule has 2 aliphatic rings. The highest BCUT2D eigenvalue weighted by molar-refractivity contribution is 8.26. The van der Waals surface area contributed by atoms with Gasteiger partial charge in [-0.15, -0.1) is 0 Å². The fraction of sp³-hybridized carbons (Fsp3) is 0.583. The van der Waals surface area contributed by atoms with Crippen LogP contribution in [0.15, 0.2) is 9.70 Å². The largest absolute Gasteiger partial charge is 0.372 e. The number of hydrogen-bond donors (Lipinski definition) is 0. The lowest BCUT2D eigenvalue weighted by atomic mass is 10.0. The van der Waals surface area contributed by atoms with Crippen LogP contribution in [0, 0.1) is 18.3 Å². The van der Waals surface area contributed by atoms with Gasteiger partial charge >= 0.3 is 0 Å². The Bertz CT molecular complexity index is 1080. The van der Waals surface area contributed by atoms with Crippen molar-refractivity contribution in [3.63, 3.8) is 0 Å². The molecule has 1 amide bonds. The van der Waals surface area contributed by atoms with E-state index in [1.165, 1.54) is 11.8 Å². The van der Waals surface area contributed by atoms with Crippen LogP contribution in [0.1, 0.15) is 64.2 Å². The van der Waals surface area contributed by atoms with Gasteiger partial charge < -0.3 is 9.64 Å². The average Bonchev–Trinajstić information content (AvgIpc) is 3.03. The lowest BCUT2D eigenvalue weighted by Crippen LogP contribution is -2.48. The minimum atomic E-state index is -0.289. The zero-order valence-electron chi connectivity index (χ0n) is 20.2. The maximum Gasteiger partial charge on any atom is 0.270 e. The molecule has 0 aromatic carbocycles. The Labute approximate surface area is 205 Å². The molecule has 0 N–H and O–H groups in total. The second-order valence-corrected chi connectivity index (χ2v) is 10.5. The molecule has 33 heavy (non-hydrogen) atoms. The van der Waals surface area contributed by atoms with Crippen molar-refractivity contribution >= 4 is 46.1 Å². The lowest BCUT2D eigenvalue weighted by molar-refractivity contribution is -0.123. The third-order valence-corrected chi connectivity index (χ3v) is 7.47. The van der Waals surface area contributed by atoms with Gasteiger partial charge in [0.1, 0.15) is 21.8 Å². The number of thiocarbonyl (C=S) groups is 1. The SMILES string of the molecule is CCCn1c(N2CC(C)OC(C)C2)c(/C=C2\SC(=S)N(C(C)CC)C2=O)c(C)c(C#N)c1=O. The molecule has 3 heterocycles. The van der Waals surface area contributed by atoms with E-state index in [0.717, 1.165) is 24.2 Å². The molecular formula is C24H32N4O3S2. The van der Waals surface area contributed by atoms with E-state index < -0.39 is 0 Å². The summed E-state index contributed by atoms with van der Waals surface area (Å²) < 4.78 is 8.15. The molecule has 1 aromatic rings. The number of morpholine rings is 1. The van der Waals surface area contributed by atoms with Gasteiger partial charge in [-0.05, 0) is 52.2 Å². The highest BCUT2D eigenvalue weighted by Crippen LogP contribution is 2.37. The number of anilines is 1. The van der Waals surface area contributed by atoms with Gasteiger partial charge in [0.25, 0.3) is 11.5 Å². The van der Waals surface area contributed by atoms with E-state index in [-0.39, 0.29) is 35.3 Å². The first kappa shape index (κ1) is 25.5. The maximum absolute atomic E-state index is 13.3. The molecule has 9 heteroatoms. The number of ether oxygens (including phenoxy) is 1. The van der Waals surface area contributed by atoms with Crippen molar-refractivity contribution in [2.24, 2.45) is 0 Å². The number of pyridine rings is 1. The quantitative estimate of drug-likeness (QED) is 0.441. The van der Waals surface area contributed by atoms with E-state index in [1.54, 1.807) is 16.4 Å². The minimum Gasteiger partial charge on any atom is -0.372 e. The number of nitrogens with zero attached hydrogens (tertiary/aromatic N) is 4. The van der Waals surface area contributed by atoms with E-state index >= 15 is 0 Å². The molecule has 0 saturated carbocycles. The number of carbonyl (C=O) groups is 1. The van der Waals surface area contributed by atoms with Crippen molar-refractivity contribution in [1.82, 2.24) is 9.47 Å². The summed E-state index contributed by atoms with van der Waals surface area (Å²) in [6.07, 6.45) is 3.35. The van der Waals surface area contributed by atoms with Gasteiger partial charge in [0, 0.05) is 31.2 Å². The van der Waals surface area contributed by atoms with Crippen molar-refractivity contribution < 1.29 is 9.53 Å². The second kappa shape index (κ2) is 10.4. The van der Waals surface area contributed by atoms with Crippen molar-refractivity contribution in [2.75, 3.05) is 18.0 Å². The van der Waals surface area contributed by atoms with Crippen LogP contribution in [-0.2, 0) is 16.1 Å². The standard InChI is InChI=1S/C24H32N4O3S2/c1-7-9-27-21(26-12-15(4)31-16(5)13-26)18(17(6)19(11-25)22(27)29)10-20-23(30)28(14(3)8-2)24(32)33-20/h10,14-16H,7-9,12-13H2,1-6H3/b20-10-. The zero-order chi connectivity index (χ0) is 24.4. The monoisotopic (exact) mass is 488 g/mol. The van der Waals surface area contributed by atoms with Gasteiger partial charge in [-0.1, -0.05) is 37.8 Å². The van der Waals surface area contributed by atoms with Crippen molar-refractivity contribution in [3.8, 4) is 6.07 Å².